The van der Waals surface area contributed by atoms with Crippen LogP contribution in [-0.4, -0.2) is 36.6 Å². The molecule has 21 heavy (non-hydrogen) atoms. The van der Waals surface area contributed by atoms with Crippen LogP contribution in [0.25, 0.3) is 0 Å². The minimum atomic E-state index is 0.372. The lowest BCUT2D eigenvalue weighted by Gasteiger charge is -2.45. The average Bonchev–Trinajstić information content (AvgIpc) is 2.46. The van der Waals surface area contributed by atoms with Crippen molar-refractivity contribution >= 4 is 0 Å². The first-order valence-electron chi connectivity index (χ1n) is 9.49. The summed E-state index contributed by atoms with van der Waals surface area (Å²) in [6.07, 6.45) is 11.4. The zero-order valence-corrected chi connectivity index (χ0v) is 15.0. The first kappa shape index (κ1) is 17.3. The number of fused-ring (bicyclic) bond motifs is 1. The van der Waals surface area contributed by atoms with Crippen molar-refractivity contribution in [3.63, 3.8) is 0 Å². The summed E-state index contributed by atoms with van der Waals surface area (Å²) in [5.41, 5.74) is 0.372. The molecule has 2 heteroatoms. The zero-order valence-electron chi connectivity index (χ0n) is 15.0. The van der Waals surface area contributed by atoms with Crippen molar-refractivity contribution < 1.29 is 0 Å². The SMILES string of the molecule is CCCNC(CCN1CCC[C@H]2CCCC[C@H]21)C(C)(C)C. The number of rotatable bonds is 6. The van der Waals surface area contributed by atoms with Gasteiger partial charge in [-0.25, -0.2) is 0 Å². The molecule has 1 aliphatic carbocycles. The zero-order chi connectivity index (χ0) is 15.3. The lowest BCUT2D eigenvalue weighted by atomic mass is 9.78. The fourth-order valence-electron chi connectivity index (χ4n) is 4.46. The van der Waals surface area contributed by atoms with Crippen LogP contribution in [-0.2, 0) is 0 Å². The van der Waals surface area contributed by atoms with E-state index in [0.717, 1.165) is 18.5 Å². The topological polar surface area (TPSA) is 15.3 Å². The maximum absolute atomic E-state index is 3.79. The third-order valence-electron chi connectivity index (χ3n) is 5.75. The third-order valence-corrected chi connectivity index (χ3v) is 5.75. The highest BCUT2D eigenvalue weighted by Gasteiger charge is 2.33. The van der Waals surface area contributed by atoms with Crippen LogP contribution in [0.2, 0.25) is 0 Å². The first-order valence-corrected chi connectivity index (χ1v) is 9.49. The molecule has 0 radical (unpaired) electrons. The van der Waals surface area contributed by atoms with Gasteiger partial charge >= 0.3 is 0 Å². The number of nitrogens with one attached hydrogen (secondary N) is 1. The fourth-order valence-corrected chi connectivity index (χ4v) is 4.46. The van der Waals surface area contributed by atoms with Gasteiger partial charge in [-0.15, -0.1) is 0 Å². The number of hydrogen-bond donors (Lipinski definition) is 1. The van der Waals surface area contributed by atoms with E-state index >= 15 is 0 Å². The summed E-state index contributed by atoms with van der Waals surface area (Å²) in [6.45, 7) is 13.3. The lowest BCUT2D eigenvalue weighted by molar-refractivity contribution is 0.0535. The second-order valence-electron chi connectivity index (χ2n) is 8.45. The molecule has 0 aromatic rings. The summed E-state index contributed by atoms with van der Waals surface area (Å²) in [6, 6.07) is 1.57. The third kappa shape index (κ3) is 4.96. The summed E-state index contributed by atoms with van der Waals surface area (Å²) in [5, 5.41) is 3.79. The quantitative estimate of drug-likeness (QED) is 0.779. The molecule has 2 rings (SSSR count). The highest BCUT2D eigenvalue weighted by molar-refractivity contribution is 4.89. The van der Waals surface area contributed by atoms with Crippen LogP contribution in [0.5, 0.6) is 0 Å². The molecule has 1 saturated carbocycles. The molecule has 1 N–H and O–H groups in total. The van der Waals surface area contributed by atoms with Crippen molar-refractivity contribution in [2.24, 2.45) is 11.3 Å². The van der Waals surface area contributed by atoms with Crippen molar-refractivity contribution in [1.29, 1.82) is 0 Å². The molecule has 1 aliphatic heterocycles. The van der Waals surface area contributed by atoms with Crippen LogP contribution in [0, 0.1) is 11.3 Å². The Morgan fingerprint density at radius 1 is 1.10 bits per heavy atom. The molecular weight excluding hydrogens is 256 g/mol. The number of hydrogen-bond acceptors (Lipinski definition) is 2. The predicted octanol–water partition coefficient (Wildman–Crippen LogP) is 4.45. The first-order chi connectivity index (χ1) is 10.0. The van der Waals surface area contributed by atoms with Crippen molar-refractivity contribution in [1.82, 2.24) is 10.2 Å². The van der Waals surface area contributed by atoms with E-state index in [9.17, 15) is 0 Å². The molecule has 1 unspecified atom stereocenters. The molecule has 1 heterocycles. The van der Waals surface area contributed by atoms with Crippen LogP contribution in [0.1, 0.15) is 79.1 Å². The van der Waals surface area contributed by atoms with E-state index in [4.69, 9.17) is 0 Å². The van der Waals surface area contributed by atoms with Crippen LogP contribution < -0.4 is 5.32 Å². The second-order valence-corrected chi connectivity index (χ2v) is 8.45. The van der Waals surface area contributed by atoms with E-state index in [-0.39, 0.29) is 0 Å². The average molecular weight is 295 g/mol. The van der Waals surface area contributed by atoms with Crippen LogP contribution in [0.15, 0.2) is 0 Å². The Morgan fingerprint density at radius 3 is 2.52 bits per heavy atom. The summed E-state index contributed by atoms with van der Waals surface area (Å²) in [5.74, 6) is 1.02. The minimum Gasteiger partial charge on any atom is -0.313 e. The number of piperidine rings is 1. The number of nitrogens with zero attached hydrogens (tertiary/aromatic N) is 1. The van der Waals surface area contributed by atoms with Gasteiger partial charge in [0, 0.05) is 12.1 Å². The fraction of sp³-hybridized carbons (Fsp3) is 1.00. The van der Waals surface area contributed by atoms with Gasteiger partial charge in [-0.2, -0.15) is 0 Å². The summed E-state index contributed by atoms with van der Waals surface area (Å²) < 4.78 is 0. The summed E-state index contributed by atoms with van der Waals surface area (Å²) in [4.78, 5) is 2.85. The van der Waals surface area contributed by atoms with Crippen molar-refractivity contribution in [3.8, 4) is 0 Å². The van der Waals surface area contributed by atoms with E-state index in [1.54, 1.807) is 0 Å². The molecule has 124 valence electrons. The highest BCUT2D eigenvalue weighted by Crippen LogP contribution is 2.35. The molecule has 0 amide bonds. The van der Waals surface area contributed by atoms with Gasteiger partial charge in [0.1, 0.15) is 0 Å². The maximum atomic E-state index is 3.79. The monoisotopic (exact) mass is 294 g/mol. The van der Waals surface area contributed by atoms with Gasteiger partial charge in [0.05, 0.1) is 0 Å². The predicted molar refractivity (Wildman–Crippen MR) is 92.7 cm³/mol. The van der Waals surface area contributed by atoms with E-state index < -0.39 is 0 Å². The molecule has 0 bridgehead atoms. The molecule has 1 saturated heterocycles. The Labute approximate surface area is 133 Å². The molecule has 2 fully saturated rings. The second kappa shape index (κ2) is 7.97. The Balaban J connectivity index is 1.86. The van der Waals surface area contributed by atoms with Crippen molar-refractivity contribution in [2.45, 2.75) is 91.1 Å². The Kier molecular flexibility index (Phi) is 6.55. The van der Waals surface area contributed by atoms with Gasteiger partial charge in [-0.1, -0.05) is 40.5 Å². The van der Waals surface area contributed by atoms with Crippen molar-refractivity contribution in [3.05, 3.63) is 0 Å². The maximum Gasteiger partial charge on any atom is 0.0128 e. The Hall–Kier alpha value is -0.0800. The number of likely N-dealkylation sites (tertiary alicyclic amines) is 1. The molecule has 3 atom stereocenters. The molecule has 2 aliphatic rings. The van der Waals surface area contributed by atoms with Gasteiger partial charge in [0.2, 0.25) is 0 Å². The lowest BCUT2D eigenvalue weighted by Crippen LogP contribution is -2.49. The Morgan fingerprint density at radius 2 is 1.81 bits per heavy atom. The highest BCUT2D eigenvalue weighted by atomic mass is 15.2. The normalized spacial score (nSPS) is 29.1. The van der Waals surface area contributed by atoms with Crippen LogP contribution in [0.3, 0.4) is 0 Å². The molecule has 0 spiro atoms. The van der Waals surface area contributed by atoms with Gasteiger partial charge < -0.3 is 10.2 Å². The van der Waals surface area contributed by atoms with E-state index in [1.165, 1.54) is 64.5 Å². The van der Waals surface area contributed by atoms with Crippen LogP contribution >= 0.6 is 0 Å². The van der Waals surface area contributed by atoms with Gasteiger partial charge in [0.25, 0.3) is 0 Å². The van der Waals surface area contributed by atoms with Gasteiger partial charge in [-0.3, -0.25) is 0 Å². The van der Waals surface area contributed by atoms with Crippen LogP contribution in [0.4, 0.5) is 0 Å². The van der Waals surface area contributed by atoms with E-state index in [2.05, 4.69) is 37.9 Å². The Bertz CT molecular complexity index is 292. The van der Waals surface area contributed by atoms with E-state index in [0.29, 0.717) is 11.5 Å². The van der Waals surface area contributed by atoms with Crippen molar-refractivity contribution in [2.75, 3.05) is 19.6 Å². The standard InChI is InChI=1S/C19H38N2/c1-5-13-20-18(19(2,3)4)12-15-21-14-8-10-16-9-6-7-11-17(16)21/h16-18,20H,5-15H2,1-4H3/t16-,17-,18?/m1/s1. The van der Waals surface area contributed by atoms with Gasteiger partial charge in [-0.05, 0) is 69.5 Å². The largest absolute Gasteiger partial charge is 0.313 e. The minimum absolute atomic E-state index is 0.372. The summed E-state index contributed by atoms with van der Waals surface area (Å²) in [7, 11) is 0. The van der Waals surface area contributed by atoms with Gasteiger partial charge in [0.15, 0.2) is 0 Å². The molecule has 0 aromatic carbocycles. The molecule has 2 nitrogen and oxygen atoms in total. The molecular formula is C19H38N2. The molecule has 0 aromatic heterocycles. The van der Waals surface area contributed by atoms with E-state index in [1.807, 2.05) is 0 Å². The smallest absolute Gasteiger partial charge is 0.0128 e. The summed E-state index contributed by atoms with van der Waals surface area (Å²) >= 11 is 0.